The Morgan fingerprint density at radius 1 is 1.26 bits per heavy atom. The number of benzene rings is 1. The van der Waals surface area contributed by atoms with Gasteiger partial charge in [-0.3, -0.25) is 4.79 Å². The highest BCUT2D eigenvalue weighted by Crippen LogP contribution is 2.40. The van der Waals surface area contributed by atoms with Gasteiger partial charge in [-0.05, 0) is 19.4 Å². The molecule has 4 heteroatoms. The predicted octanol–water partition coefficient (Wildman–Crippen LogP) is 4.21. The number of hydrogen-bond acceptors (Lipinski definition) is 4. The fraction of sp³-hybridized carbons (Fsp3) is 0.400. The summed E-state index contributed by atoms with van der Waals surface area (Å²) in [6.07, 6.45) is 1.47. The molecular formula is C15H18O3S. The molecule has 0 aliphatic rings. The topological polar surface area (TPSA) is 35.5 Å². The van der Waals surface area contributed by atoms with Crippen LogP contribution in [0.4, 0.5) is 0 Å². The number of thiophene rings is 1. The normalized spacial score (nSPS) is 10.7. The first-order chi connectivity index (χ1) is 9.12. The molecule has 0 saturated carbocycles. The highest BCUT2D eigenvalue weighted by Gasteiger charge is 2.16. The first-order valence-electron chi connectivity index (χ1n) is 6.30. The Hall–Kier alpha value is -1.55. The molecule has 1 aromatic heterocycles. The summed E-state index contributed by atoms with van der Waals surface area (Å²) < 4.78 is 11.8. The highest BCUT2D eigenvalue weighted by molar-refractivity contribution is 7.20. The van der Waals surface area contributed by atoms with Crippen molar-refractivity contribution in [1.29, 1.82) is 0 Å². The summed E-state index contributed by atoms with van der Waals surface area (Å²) in [6, 6.07) is 3.91. The predicted molar refractivity (Wildman–Crippen MR) is 78.9 cm³/mol. The van der Waals surface area contributed by atoms with E-state index >= 15 is 0 Å². The van der Waals surface area contributed by atoms with Gasteiger partial charge >= 0.3 is 0 Å². The zero-order valence-electron chi connectivity index (χ0n) is 11.7. The summed E-state index contributed by atoms with van der Waals surface area (Å²) in [7, 11) is 3.26. The molecule has 0 spiro atoms. The van der Waals surface area contributed by atoms with Crippen molar-refractivity contribution in [3.05, 3.63) is 22.6 Å². The lowest BCUT2D eigenvalue weighted by Crippen LogP contribution is -1.94. The van der Waals surface area contributed by atoms with Gasteiger partial charge in [0.1, 0.15) is 0 Å². The number of methoxy groups -OCH3 is 2. The van der Waals surface area contributed by atoms with E-state index in [1.54, 1.807) is 14.2 Å². The van der Waals surface area contributed by atoms with Crippen molar-refractivity contribution in [2.45, 2.75) is 26.7 Å². The molecule has 0 bridgehead atoms. The second kappa shape index (κ2) is 5.61. The largest absolute Gasteiger partial charge is 0.493 e. The van der Waals surface area contributed by atoms with E-state index in [9.17, 15) is 4.79 Å². The number of fused-ring (bicyclic) bond motifs is 1. The van der Waals surface area contributed by atoms with Gasteiger partial charge in [0.05, 0.1) is 19.1 Å². The Morgan fingerprint density at radius 2 is 2.00 bits per heavy atom. The van der Waals surface area contributed by atoms with Crippen molar-refractivity contribution in [2.24, 2.45) is 0 Å². The lowest BCUT2D eigenvalue weighted by atomic mass is 10.1. The second-order valence-electron chi connectivity index (χ2n) is 4.43. The van der Waals surface area contributed by atoms with Crippen molar-refractivity contribution in [3.63, 3.8) is 0 Å². The van der Waals surface area contributed by atoms with Gasteiger partial charge in [-0.25, -0.2) is 0 Å². The number of hydrogen-bond donors (Lipinski definition) is 0. The maximum Gasteiger partial charge on any atom is 0.172 e. The molecular weight excluding hydrogens is 260 g/mol. The Bertz CT molecular complexity index is 613. The van der Waals surface area contributed by atoms with E-state index in [0.29, 0.717) is 12.2 Å². The standard InChI is InChI=1S/C15H18O3S/c1-5-6-11(16)14-7-10-9(2)15(18-4)12(17-3)8-13(10)19-14/h7-8H,5-6H2,1-4H3. The average Bonchev–Trinajstić information content (AvgIpc) is 2.83. The molecule has 0 amide bonds. The SMILES string of the molecule is CCCC(=O)c1cc2c(C)c(OC)c(OC)cc2s1. The van der Waals surface area contributed by atoms with Gasteiger partial charge in [0.2, 0.25) is 0 Å². The van der Waals surface area contributed by atoms with E-state index in [2.05, 4.69) is 0 Å². The van der Waals surface area contributed by atoms with Crippen LogP contribution in [0.5, 0.6) is 11.5 Å². The van der Waals surface area contributed by atoms with Crippen LogP contribution in [0.1, 0.15) is 35.0 Å². The van der Waals surface area contributed by atoms with E-state index < -0.39 is 0 Å². The third-order valence-electron chi connectivity index (χ3n) is 3.17. The molecule has 0 N–H and O–H groups in total. The summed E-state index contributed by atoms with van der Waals surface area (Å²) in [5.74, 6) is 1.66. The van der Waals surface area contributed by atoms with Gasteiger partial charge in [0, 0.05) is 28.1 Å². The highest BCUT2D eigenvalue weighted by atomic mass is 32.1. The second-order valence-corrected chi connectivity index (χ2v) is 5.52. The zero-order valence-corrected chi connectivity index (χ0v) is 12.5. The van der Waals surface area contributed by atoms with Gasteiger partial charge in [0.25, 0.3) is 0 Å². The van der Waals surface area contributed by atoms with E-state index in [4.69, 9.17) is 9.47 Å². The molecule has 0 unspecified atom stereocenters. The third kappa shape index (κ3) is 2.45. The van der Waals surface area contributed by atoms with Crippen molar-refractivity contribution in [1.82, 2.24) is 0 Å². The fourth-order valence-electron chi connectivity index (χ4n) is 2.19. The van der Waals surface area contributed by atoms with Crippen LogP contribution in [0.15, 0.2) is 12.1 Å². The number of carbonyl (C=O) groups is 1. The van der Waals surface area contributed by atoms with Gasteiger partial charge in [0.15, 0.2) is 17.3 Å². The molecule has 0 fully saturated rings. The molecule has 102 valence electrons. The summed E-state index contributed by atoms with van der Waals surface area (Å²) in [4.78, 5) is 12.8. The molecule has 0 radical (unpaired) electrons. The van der Waals surface area contributed by atoms with Crippen LogP contribution in [0.3, 0.4) is 0 Å². The Labute approximate surface area is 117 Å². The van der Waals surface area contributed by atoms with Crippen molar-refractivity contribution in [3.8, 4) is 11.5 Å². The van der Waals surface area contributed by atoms with Crippen LogP contribution >= 0.6 is 11.3 Å². The molecule has 1 heterocycles. The van der Waals surface area contributed by atoms with Gasteiger partial charge in [-0.1, -0.05) is 6.92 Å². The van der Waals surface area contributed by atoms with E-state index in [1.807, 2.05) is 26.0 Å². The van der Waals surface area contributed by atoms with Crippen LogP contribution in [0.2, 0.25) is 0 Å². The molecule has 19 heavy (non-hydrogen) atoms. The summed E-state index contributed by atoms with van der Waals surface area (Å²) in [5.41, 5.74) is 1.02. The molecule has 1 aromatic carbocycles. The number of aryl methyl sites for hydroxylation is 1. The van der Waals surface area contributed by atoms with Crippen LogP contribution in [-0.4, -0.2) is 20.0 Å². The minimum Gasteiger partial charge on any atom is -0.493 e. The minimum absolute atomic E-state index is 0.209. The Balaban J connectivity index is 2.59. The molecule has 0 aliphatic heterocycles. The quantitative estimate of drug-likeness (QED) is 0.769. The van der Waals surface area contributed by atoms with Crippen molar-refractivity contribution in [2.75, 3.05) is 14.2 Å². The van der Waals surface area contributed by atoms with Crippen LogP contribution in [0, 0.1) is 6.92 Å². The third-order valence-corrected chi connectivity index (χ3v) is 4.29. The lowest BCUT2D eigenvalue weighted by molar-refractivity contribution is 0.0985. The Kier molecular flexibility index (Phi) is 4.10. The van der Waals surface area contributed by atoms with Crippen molar-refractivity contribution < 1.29 is 14.3 Å². The summed E-state index contributed by atoms with van der Waals surface area (Å²) >= 11 is 1.52. The minimum atomic E-state index is 0.209. The van der Waals surface area contributed by atoms with Crippen molar-refractivity contribution >= 4 is 27.2 Å². The van der Waals surface area contributed by atoms with Gasteiger partial charge in [-0.15, -0.1) is 11.3 Å². The molecule has 0 saturated heterocycles. The van der Waals surface area contributed by atoms with Crippen LogP contribution in [-0.2, 0) is 0 Å². The number of Topliss-reactive ketones (excluding diaryl/α,β-unsaturated/α-hetero) is 1. The molecule has 3 nitrogen and oxygen atoms in total. The summed E-state index contributed by atoms with van der Waals surface area (Å²) in [6.45, 7) is 4.01. The van der Waals surface area contributed by atoms with Gasteiger partial charge in [-0.2, -0.15) is 0 Å². The summed E-state index contributed by atoms with van der Waals surface area (Å²) in [5, 5.41) is 1.07. The lowest BCUT2D eigenvalue weighted by Gasteiger charge is -2.10. The van der Waals surface area contributed by atoms with Crippen LogP contribution in [0.25, 0.3) is 10.1 Å². The number of carbonyl (C=O) groups excluding carboxylic acids is 1. The maximum absolute atomic E-state index is 12.0. The number of ketones is 1. The maximum atomic E-state index is 12.0. The number of rotatable bonds is 5. The molecule has 2 aromatic rings. The van der Waals surface area contributed by atoms with E-state index in [-0.39, 0.29) is 5.78 Å². The van der Waals surface area contributed by atoms with E-state index in [0.717, 1.165) is 32.7 Å². The van der Waals surface area contributed by atoms with Crippen LogP contribution < -0.4 is 9.47 Å². The zero-order chi connectivity index (χ0) is 14.0. The smallest absolute Gasteiger partial charge is 0.172 e. The van der Waals surface area contributed by atoms with E-state index in [1.165, 1.54) is 11.3 Å². The van der Waals surface area contributed by atoms with Gasteiger partial charge < -0.3 is 9.47 Å². The molecule has 0 aliphatic carbocycles. The first-order valence-corrected chi connectivity index (χ1v) is 7.12. The molecule has 2 rings (SSSR count). The Morgan fingerprint density at radius 3 is 2.58 bits per heavy atom. The number of ether oxygens (including phenoxy) is 2. The first kappa shape index (κ1) is 13.9. The monoisotopic (exact) mass is 278 g/mol. The average molecular weight is 278 g/mol. The molecule has 0 atom stereocenters. The fourth-order valence-corrected chi connectivity index (χ4v) is 3.31.